The molecule has 0 aromatic carbocycles. The van der Waals surface area contributed by atoms with Gasteiger partial charge in [0.2, 0.25) is 0 Å². The first-order valence-corrected chi connectivity index (χ1v) is 7.41. The molecule has 0 aliphatic carbocycles. The maximum absolute atomic E-state index is 3.53. The Labute approximate surface area is 104 Å². The van der Waals surface area contributed by atoms with Crippen LogP contribution in [0.5, 0.6) is 0 Å². The predicted octanol–water partition coefficient (Wildman–Crippen LogP) is 2.83. The Kier molecular flexibility index (Phi) is 11.2. The van der Waals surface area contributed by atoms with E-state index in [1.54, 1.807) is 0 Å². The summed E-state index contributed by atoms with van der Waals surface area (Å²) in [6.45, 7) is 14.0. The Morgan fingerprint density at radius 1 is 0.800 bits per heavy atom. The van der Waals surface area contributed by atoms with Crippen LogP contribution in [0.1, 0.15) is 33.6 Å². The Balaban J connectivity index is 3.72. The highest BCUT2D eigenvalue weighted by molar-refractivity contribution is 9.09. The third-order valence-electron chi connectivity index (χ3n) is 2.86. The van der Waals surface area contributed by atoms with Gasteiger partial charge < -0.3 is 9.80 Å². The number of rotatable bonds is 10. The molecule has 0 aliphatic rings. The number of alkyl halides is 1. The number of nitrogens with zero attached hydrogens (tertiary/aromatic N) is 2. The number of hydrogen-bond acceptors (Lipinski definition) is 2. The van der Waals surface area contributed by atoms with Gasteiger partial charge in [0, 0.05) is 25.0 Å². The molecule has 0 fully saturated rings. The van der Waals surface area contributed by atoms with Gasteiger partial charge in [-0.2, -0.15) is 0 Å². The molecule has 0 radical (unpaired) electrons. The first-order chi connectivity index (χ1) is 7.28. The minimum absolute atomic E-state index is 1.09. The molecular formula is C12H27BrN2. The van der Waals surface area contributed by atoms with Crippen LogP contribution in [0.2, 0.25) is 0 Å². The van der Waals surface area contributed by atoms with Gasteiger partial charge in [-0.25, -0.2) is 0 Å². The molecule has 0 heterocycles. The molecule has 0 aromatic heterocycles. The van der Waals surface area contributed by atoms with Gasteiger partial charge in [-0.05, 0) is 26.1 Å². The van der Waals surface area contributed by atoms with Crippen molar-refractivity contribution in [1.29, 1.82) is 0 Å². The van der Waals surface area contributed by atoms with Crippen LogP contribution in [-0.2, 0) is 0 Å². The molecule has 2 nitrogen and oxygen atoms in total. The molecule has 0 atom stereocenters. The first kappa shape index (κ1) is 15.4. The third-order valence-corrected chi connectivity index (χ3v) is 3.21. The summed E-state index contributed by atoms with van der Waals surface area (Å²) in [4.78, 5) is 5.06. The molecule has 0 amide bonds. The van der Waals surface area contributed by atoms with E-state index in [0.717, 1.165) is 5.33 Å². The molecule has 0 saturated heterocycles. The van der Waals surface area contributed by atoms with Crippen molar-refractivity contribution >= 4 is 15.9 Å². The Bertz CT molecular complexity index is 127. The molecule has 0 rings (SSSR count). The van der Waals surface area contributed by atoms with Gasteiger partial charge in [-0.3, -0.25) is 0 Å². The van der Waals surface area contributed by atoms with Gasteiger partial charge in [-0.1, -0.05) is 43.1 Å². The second-order valence-electron chi connectivity index (χ2n) is 3.91. The smallest absolute Gasteiger partial charge is 0.0159 e. The van der Waals surface area contributed by atoms with Crippen molar-refractivity contribution < 1.29 is 0 Å². The van der Waals surface area contributed by atoms with Crippen LogP contribution in [0.15, 0.2) is 0 Å². The molecule has 3 heteroatoms. The van der Waals surface area contributed by atoms with Crippen LogP contribution >= 0.6 is 15.9 Å². The summed E-state index contributed by atoms with van der Waals surface area (Å²) in [5, 5.41) is 1.09. The topological polar surface area (TPSA) is 6.48 Å². The number of likely N-dealkylation sites (N-methyl/N-ethyl adjacent to an activating group) is 1. The average molecular weight is 279 g/mol. The van der Waals surface area contributed by atoms with Gasteiger partial charge in [0.05, 0.1) is 0 Å². The van der Waals surface area contributed by atoms with Crippen molar-refractivity contribution in [1.82, 2.24) is 9.80 Å². The van der Waals surface area contributed by atoms with Crippen LogP contribution in [0.3, 0.4) is 0 Å². The summed E-state index contributed by atoms with van der Waals surface area (Å²) < 4.78 is 0. The first-order valence-electron chi connectivity index (χ1n) is 6.29. The van der Waals surface area contributed by atoms with E-state index >= 15 is 0 Å². The lowest BCUT2D eigenvalue weighted by Gasteiger charge is -2.25. The van der Waals surface area contributed by atoms with Gasteiger partial charge in [0.15, 0.2) is 0 Å². The van der Waals surface area contributed by atoms with E-state index in [1.807, 2.05) is 0 Å². The van der Waals surface area contributed by atoms with Crippen LogP contribution in [0, 0.1) is 0 Å². The lowest BCUT2D eigenvalue weighted by molar-refractivity contribution is 0.220. The van der Waals surface area contributed by atoms with Crippen molar-refractivity contribution in [2.24, 2.45) is 0 Å². The van der Waals surface area contributed by atoms with Crippen molar-refractivity contribution in [3.05, 3.63) is 0 Å². The molecule has 0 bridgehead atoms. The maximum Gasteiger partial charge on any atom is 0.0159 e. The van der Waals surface area contributed by atoms with Crippen molar-refractivity contribution in [2.75, 3.05) is 44.6 Å². The Morgan fingerprint density at radius 3 is 1.87 bits per heavy atom. The minimum Gasteiger partial charge on any atom is -0.303 e. The predicted molar refractivity (Wildman–Crippen MR) is 72.9 cm³/mol. The lowest BCUT2D eigenvalue weighted by atomic mass is 10.3. The van der Waals surface area contributed by atoms with Crippen molar-refractivity contribution in [3.8, 4) is 0 Å². The van der Waals surface area contributed by atoms with E-state index in [1.165, 1.54) is 52.1 Å². The molecule has 0 N–H and O–H groups in total. The van der Waals surface area contributed by atoms with Gasteiger partial charge in [0.25, 0.3) is 0 Å². The fraction of sp³-hybridized carbons (Fsp3) is 1.00. The normalized spacial score (nSPS) is 11.6. The average Bonchev–Trinajstić information content (AvgIpc) is 2.27. The van der Waals surface area contributed by atoms with Crippen molar-refractivity contribution in [3.63, 3.8) is 0 Å². The summed E-state index contributed by atoms with van der Waals surface area (Å²) in [6.07, 6.45) is 2.62. The van der Waals surface area contributed by atoms with E-state index in [0.29, 0.717) is 0 Å². The van der Waals surface area contributed by atoms with E-state index in [2.05, 4.69) is 46.5 Å². The second kappa shape index (κ2) is 10.9. The standard InChI is InChI=1S/C12H27BrN2/c1-4-7-9-15(10-8-13)12-11-14(5-2)6-3/h4-12H2,1-3H3. The van der Waals surface area contributed by atoms with Gasteiger partial charge in [-0.15, -0.1) is 0 Å². The van der Waals surface area contributed by atoms with E-state index in [9.17, 15) is 0 Å². The molecule has 0 spiro atoms. The van der Waals surface area contributed by atoms with Crippen LogP contribution in [0.25, 0.3) is 0 Å². The number of unbranched alkanes of at least 4 members (excludes halogenated alkanes) is 1. The highest BCUT2D eigenvalue weighted by atomic mass is 79.9. The second-order valence-corrected chi connectivity index (χ2v) is 4.70. The fourth-order valence-corrected chi connectivity index (χ4v) is 2.16. The molecule has 0 aliphatic heterocycles. The monoisotopic (exact) mass is 278 g/mol. The largest absolute Gasteiger partial charge is 0.303 e. The molecule has 0 saturated carbocycles. The quantitative estimate of drug-likeness (QED) is 0.567. The van der Waals surface area contributed by atoms with Crippen molar-refractivity contribution in [2.45, 2.75) is 33.6 Å². The van der Waals surface area contributed by atoms with E-state index in [-0.39, 0.29) is 0 Å². The van der Waals surface area contributed by atoms with E-state index in [4.69, 9.17) is 0 Å². The number of halogens is 1. The highest BCUT2D eigenvalue weighted by Gasteiger charge is 2.05. The molecule has 92 valence electrons. The lowest BCUT2D eigenvalue weighted by Crippen LogP contribution is -2.36. The van der Waals surface area contributed by atoms with Crippen LogP contribution in [-0.4, -0.2) is 54.4 Å². The minimum atomic E-state index is 1.09. The summed E-state index contributed by atoms with van der Waals surface area (Å²) in [7, 11) is 0. The Hall–Kier alpha value is 0.400. The van der Waals surface area contributed by atoms with Gasteiger partial charge in [0.1, 0.15) is 0 Å². The van der Waals surface area contributed by atoms with Crippen LogP contribution in [0.4, 0.5) is 0 Å². The maximum atomic E-state index is 3.53. The summed E-state index contributed by atoms with van der Waals surface area (Å²) in [5.74, 6) is 0. The number of hydrogen-bond donors (Lipinski definition) is 0. The third kappa shape index (κ3) is 8.23. The zero-order valence-electron chi connectivity index (χ0n) is 10.6. The molecule has 15 heavy (non-hydrogen) atoms. The van der Waals surface area contributed by atoms with Crippen LogP contribution < -0.4 is 0 Å². The van der Waals surface area contributed by atoms with E-state index < -0.39 is 0 Å². The summed E-state index contributed by atoms with van der Waals surface area (Å²) in [6, 6.07) is 0. The zero-order valence-corrected chi connectivity index (χ0v) is 12.2. The summed E-state index contributed by atoms with van der Waals surface area (Å²) >= 11 is 3.53. The Morgan fingerprint density at radius 2 is 1.40 bits per heavy atom. The molecule has 0 unspecified atom stereocenters. The SMILES string of the molecule is CCCCN(CCBr)CCN(CC)CC. The molecule has 0 aromatic rings. The highest BCUT2D eigenvalue weighted by Crippen LogP contribution is 1.98. The molecular weight excluding hydrogens is 252 g/mol. The zero-order chi connectivity index (χ0) is 11.5. The van der Waals surface area contributed by atoms with Gasteiger partial charge >= 0.3 is 0 Å². The summed E-state index contributed by atoms with van der Waals surface area (Å²) in [5.41, 5.74) is 0. The fourth-order valence-electron chi connectivity index (χ4n) is 1.66.